The standard InChI is InChI=1S/C18H29NO3S2/c1-2-3-4-5-6-10-13-23-14-15-24(21,22)16-18(20)19-17-11-8-7-9-12-17/h7-9,11-12H,2-6,10,13-16H2,1H3,(H,19,20). The van der Waals surface area contributed by atoms with E-state index in [4.69, 9.17) is 0 Å². The van der Waals surface area contributed by atoms with Gasteiger partial charge in [-0.2, -0.15) is 11.8 Å². The van der Waals surface area contributed by atoms with E-state index in [9.17, 15) is 13.2 Å². The number of rotatable bonds is 13. The molecule has 0 fully saturated rings. The largest absolute Gasteiger partial charge is 0.325 e. The lowest BCUT2D eigenvalue weighted by atomic mass is 10.1. The van der Waals surface area contributed by atoms with Crippen LogP contribution in [-0.2, 0) is 14.6 Å². The van der Waals surface area contributed by atoms with Crippen molar-refractivity contribution in [3.05, 3.63) is 30.3 Å². The summed E-state index contributed by atoms with van der Waals surface area (Å²) in [6.45, 7) is 2.20. The van der Waals surface area contributed by atoms with Gasteiger partial charge in [0.1, 0.15) is 5.75 Å². The molecule has 0 aliphatic carbocycles. The van der Waals surface area contributed by atoms with Crippen LogP contribution in [0.4, 0.5) is 5.69 Å². The van der Waals surface area contributed by atoms with Crippen molar-refractivity contribution in [1.82, 2.24) is 0 Å². The Morgan fingerprint density at radius 3 is 2.38 bits per heavy atom. The third kappa shape index (κ3) is 10.7. The summed E-state index contributed by atoms with van der Waals surface area (Å²) in [6.07, 6.45) is 7.49. The summed E-state index contributed by atoms with van der Waals surface area (Å²) in [5, 5.41) is 2.61. The lowest BCUT2D eigenvalue weighted by molar-refractivity contribution is -0.113. The molecule has 0 saturated carbocycles. The Hall–Kier alpha value is -1.01. The number of unbranched alkanes of at least 4 members (excludes halogenated alkanes) is 5. The maximum Gasteiger partial charge on any atom is 0.239 e. The van der Waals surface area contributed by atoms with Gasteiger partial charge in [0.2, 0.25) is 5.91 Å². The van der Waals surface area contributed by atoms with Gasteiger partial charge in [-0.1, -0.05) is 57.2 Å². The fourth-order valence-corrected chi connectivity index (χ4v) is 4.98. The number of carbonyl (C=O) groups is 1. The fraction of sp³-hybridized carbons (Fsp3) is 0.611. The van der Waals surface area contributed by atoms with E-state index in [0.29, 0.717) is 11.4 Å². The second-order valence-electron chi connectivity index (χ2n) is 5.89. The van der Waals surface area contributed by atoms with E-state index in [1.165, 1.54) is 32.1 Å². The van der Waals surface area contributed by atoms with Crippen LogP contribution in [0.3, 0.4) is 0 Å². The van der Waals surface area contributed by atoms with Crippen molar-refractivity contribution in [3.8, 4) is 0 Å². The Kier molecular flexibility index (Phi) is 10.8. The van der Waals surface area contributed by atoms with E-state index in [2.05, 4.69) is 12.2 Å². The Bertz CT molecular complexity index is 559. The maximum absolute atomic E-state index is 12.0. The molecule has 0 spiro atoms. The molecule has 4 nitrogen and oxygen atoms in total. The monoisotopic (exact) mass is 371 g/mol. The lowest BCUT2D eigenvalue weighted by Crippen LogP contribution is -2.25. The predicted octanol–water partition coefficient (Wildman–Crippen LogP) is 4.13. The van der Waals surface area contributed by atoms with Gasteiger partial charge in [0.05, 0.1) is 5.75 Å². The van der Waals surface area contributed by atoms with Crippen LogP contribution in [-0.4, -0.2) is 37.3 Å². The zero-order valence-electron chi connectivity index (χ0n) is 14.5. The van der Waals surface area contributed by atoms with Crippen molar-refractivity contribution in [2.75, 3.05) is 28.3 Å². The van der Waals surface area contributed by atoms with Gasteiger partial charge in [0.15, 0.2) is 9.84 Å². The summed E-state index contributed by atoms with van der Waals surface area (Å²) in [6, 6.07) is 8.90. The number of sulfone groups is 1. The van der Waals surface area contributed by atoms with Crippen LogP contribution in [0.2, 0.25) is 0 Å². The molecule has 1 rings (SSSR count). The first-order valence-corrected chi connectivity index (χ1v) is 11.6. The molecule has 136 valence electrons. The lowest BCUT2D eigenvalue weighted by Gasteiger charge is -2.06. The molecule has 0 atom stereocenters. The topological polar surface area (TPSA) is 63.2 Å². The zero-order chi connectivity index (χ0) is 17.7. The third-order valence-electron chi connectivity index (χ3n) is 3.59. The van der Waals surface area contributed by atoms with Crippen molar-refractivity contribution in [1.29, 1.82) is 0 Å². The molecular formula is C18H29NO3S2. The van der Waals surface area contributed by atoms with Crippen LogP contribution < -0.4 is 5.32 Å². The van der Waals surface area contributed by atoms with Crippen LogP contribution >= 0.6 is 11.8 Å². The molecule has 0 bridgehead atoms. The Labute approximate surface area is 150 Å². The first-order valence-electron chi connectivity index (χ1n) is 8.66. The van der Waals surface area contributed by atoms with Crippen LogP contribution in [0.25, 0.3) is 0 Å². The number of hydrogen-bond acceptors (Lipinski definition) is 4. The van der Waals surface area contributed by atoms with E-state index in [1.807, 2.05) is 6.07 Å². The van der Waals surface area contributed by atoms with Gasteiger partial charge < -0.3 is 5.32 Å². The maximum atomic E-state index is 12.0. The summed E-state index contributed by atoms with van der Waals surface area (Å²) in [5.74, 6) is 0.713. The van der Waals surface area contributed by atoms with Gasteiger partial charge in [-0.3, -0.25) is 4.79 Å². The quantitative estimate of drug-likeness (QED) is 0.530. The molecule has 0 aliphatic heterocycles. The predicted molar refractivity (Wildman–Crippen MR) is 104 cm³/mol. The van der Waals surface area contributed by atoms with E-state index >= 15 is 0 Å². The van der Waals surface area contributed by atoms with Crippen molar-refractivity contribution >= 4 is 33.2 Å². The number of benzene rings is 1. The third-order valence-corrected chi connectivity index (χ3v) is 6.45. The highest BCUT2D eigenvalue weighted by Crippen LogP contribution is 2.11. The van der Waals surface area contributed by atoms with E-state index < -0.39 is 21.5 Å². The number of hydrogen-bond donors (Lipinski definition) is 1. The first kappa shape index (κ1) is 21.0. The smallest absolute Gasteiger partial charge is 0.239 e. The molecule has 6 heteroatoms. The van der Waals surface area contributed by atoms with Gasteiger partial charge in [-0.15, -0.1) is 0 Å². The van der Waals surface area contributed by atoms with Crippen LogP contribution in [0, 0.1) is 0 Å². The molecule has 0 saturated heterocycles. The second kappa shape index (κ2) is 12.4. The first-order chi connectivity index (χ1) is 11.5. The van der Waals surface area contributed by atoms with Gasteiger partial charge in [-0.25, -0.2) is 8.42 Å². The summed E-state index contributed by atoms with van der Waals surface area (Å²) >= 11 is 1.66. The molecule has 0 unspecified atom stereocenters. The van der Waals surface area contributed by atoms with E-state index in [1.54, 1.807) is 36.0 Å². The normalized spacial score (nSPS) is 11.4. The Morgan fingerprint density at radius 2 is 1.67 bits per heavy atom. The fourth-order valence-electron chi connectivity index (χ4n) is 2.26. The van der Waals surface area contributed by atoms with E-state index in [0.717, 1.165) is 12.2 Å². The molecule has 0 heterocycles. The van der Waals surface area contributed by atoms with Gasteiger partial charge in [0, 0.05) is 11.4 Å². The highest BCUT2D eigenvalue weighted by molar-refractivity contribution is 8.00. The van der Waals surface area contributed by atoms with E-state index in [-0.39, 0.29) is 5.75 Å². The SMILES string of the molecule is CCCCCCCCSCCS(=O)(=O)CC(=O)Nc1ccccc1. The molecule has 1 N–H and O–H groups in total. The summed E-state index contributed by atoms with van der Waals surface area (Å²) in [4.78, 5) is 11.8. The minimum atomic E-state index is -3.34. The number of para-hydroxylation sites is 1. The van der Waals surface area contributed by atoms with Crippen LogP contribution in [0.5, 0.6) is 0 Å². The number of amides is 1. The van der Waals surface area contributed by atoms with Crippen molar-refractivity contribution in [3.63, 3.8) is 0 Å². The summed E-state index contributed by atoms with van der Waals surface area (Å²) in [7, 11) is -3.34. The minimum Gasteiger partial charge on any atom is -0.325 e. The average molecular weight is 372 g/mol. The number of thioether (sulfide) groups is 1. The van der Waals surface area contributed by atoms with Crippen molar-refractivity contribution in [2.24, 2.45) is 0 Å². The molecular weight excluding hydrogens is 342 g/mol. The molecule has 0 aliphatic rings. The van der Waals surface area contributed by atoms with Gasteiger partial charge in [-0.05, 0) is 24.3 Å². The molecule has 24 heavy (non-hydrogen) atoms. The van der Waals surface area contributed by atoms with Gasteiger partial charge >= 0.3 is 0 Å². The molecule has 0 aromatic heterocycles. The number of nitrogens with one attached hydrogen (secondary N) is 1. The van der Waals surface area contributed by atoms with Crippen molar-refractivity contribution in [2.45, 2.75) is 45.4 Å². The van der Waals surface area contributed by atoms with Crippen molar-refractivity contribution < 1.29 is 13.2 Å². The average Bonchev–Trinajstić information content (AvgIpc) is 2.53. The van der Waals surface area contributed by atoms with Crippen LogP contribution in [0.15, 0.2) is 30.3 Å². The highest BCUT2D eigenvalue weighted by Gasteiger charge is 2.16. The minimum absolute atomic E-state index is 0.0652. The zero-order valence-corrected chi connectivity index (χ0v) is 16.1. The summed E-state index contributed by atoms with van der Waals surface area (Å²) < 4.78 is 23.9. The molecule has 1 aromatic rings. The van der Waals surface area contributed by atoms with Crippen LogP contribution in [0.1, 0.15) is 45.4 Å². The molecule has 0 radical (unpaired) electrons. The number of anilines is 1. The number of carbonyl (C=O) groups excluding carboxylic acids is 1. The van der Waals surface area contributed by atoms with Gasteiger partial charge in [0.25, 0.3) is 0 Å². The Balaban J connectivity index is 2.12. The summed E-state index contributed by atoms with van der Waals surface area (Å²) in [5.41, 5.74) is 0.621. The molecule has 1 amide bonds. The molecule has 1 aromatic carbocycles. The Morgan fingerprint density at radius 1 is 1.00 bits per heavy atom. The highest BCUT2D eigenvalue weighted by atomic mass is 32.2. The second-order valence-corrected chi connectivity index (χ2v) is 9.30.